The molecule has 0 amide bonds. The molecule has 1 fully saturated rings. The van der Waals surface area contributed by atoms with E-state index in [4.69, 9.17) is 14.6 Å². The Balaban J connectivity index is 2.06. The second-order valence-electron chi connectivity index (χ2n) is 4.63. The van der Waals surface area contributed by atoms with Gasteiger partial charge in [-0.1, -0.05) is 26.2 Å². The highest BCUT2D eigenvalue weighted by molar-refractivity contribution is 5.69. The van der Waals surface area contributed by atoms with Crippen molar-refractivity contribution in [3.8, 4) is 0 Å². The van der Waals surface area contributed by atoms with Crippen LogP contribution in [-0.4, -0.2) is 30.6 Å². The topological polar surface area (TPSA) is 55.8 Å². The number of aliphatic carboxylic acids is 1. The molecule has 17 heavy (non-hydrogen) atoms. The predicted molar refractivity (Wildman–Crippen MR) is 64.8 cm³/mol. The summed E-state index contributed by atoms with van der Waals surface area (Å²) >= 11 is 0. The van der Waals surface area contributed by atoms with Gasteiger partial charge in [0, 0.05) is 0 Å². The van der Waals surface area contributed by atoms with E-state index in [9.17, 15) is 4.79 Å². The molecule has 1 heterocycles. The molecule has 4 nitrogen and oxygen atoms in total. The molecule has 1 N–H and O–H groups in total. The molecule has 0 aromatic carbocycles. The van der Waals surface area contributed by atoms with Crippen LogP contribution in [0.3, 0.4) is 0 Å². The summed E-state index contributed by atoms with van der Waals surface area (Å²) in [5.41, 5.74) is 0. The molecule has 1 unspecified atom stereocenters. The first-order valence-corrected chi connectivity index (χ1v) is 6.70. The van der Waals surface area contributed by atoms with Gasteiger partial charge >= 0.3 is 5.97 Å². The largest absolute Gasteiger partial charge is 0.481 e. The summed E-state index contributed by atoms with van der Waals surface area (Å²) in [6, 6.07) is 0. The maximum atomic E-state index is 11.0. The van der Waals surface area contributed by atoms with Gasteiger partial charge in [-0.25, -0.2) is 0 Å². The van der Waals surface area contributed by atoms with E-state index in [-0.39, 0.29) is 12.2 Å². The van der Waals surface area contributed by atoms with Crippen LogP contribution >= 0.6 is 0 Å². The standard InChI is InChI=1S/C13H24O4/c1-2-3-6-11(13(14)15)7-4-5-8-12-16-9-10-17-12/h11-12H,2-10H2,1H3,(H,14,15). The van der Waals surface area contributed by atoms with Gasteiger partial charge in [-0.2, -0.15) is 0 Å². The molecule has 0 aromatic rings. The lowest BCUT2D eigenvalue weighted by atomic mass is 9.95. The third-order valence-electron chi connectivity index (χ3n) is 3.19. The van der Waals surface area contributed by atoms with E-state index in [0.717, 1.165) is 44.9 Å². The molecule has 1 aliphatic heterocycles. The van der Waals surface area contributed by atoms with Crippen LogP contribution < -0.4 is 0 Å². The number of ether oxygens (including phenoxy) is 2. The molecule has 1 rings (SSSR count). The zero-order valence-corrected chi connectivity index (χ0v) is 10.7. The van der Waals surface area contributed by atoms with Crippen molar-refractivity contribution in [2.45, 2.75) is 58.2 Å². The summed E-state index contributed by atoms with van der Waals surface area (Å²) in [7, 11) is 0. The van der Waals surface area contributed by atoms with Crippen molar-refractivity contribution < 1.29 is 19.4 Å². The highest BCUT2D eigenvalue weighted by Crippen LogP contribution is 2.19. The minimum atomic E-state index is -0.646. The first-order valence-electron chi connectivity index (χ1n) is 6.70. The lowest BCUT2D eigenvalue weighted by molar-refractivity contribution is -0.142. The molecular formula is C13H24O4. The SMILES string of the molecule is CCCCC(CCCCC1OCCO1)C(=O)O. The van der Waals surface area contributed by atoms with Crippen molar-refractivity contribution in [1.29, 1.82) is 0 Å². The van der Waals surface area contributed by atoms with Crippen LogP contribution in [0.15, 0.2) is 0 Å². The molecule has 0 aromatic heterocycles. The lowest BCUT2D eigenvalue weighted by Crippen LogP contribution is -2.14. The number of hydrogen-bond donors (Lipinski definition) is 1. The first kappa shape index (κ1) is 14.5. The van der Waals surface area contributed by atoms with E-state index in [1.54, 1.807) is 0 Å². The minimum Gasteiger partial charge on any atom is -0.481 e. The van der Waals surface area contributed by atoms with Gasteiger partial charge in [0.25, 0.3) is 0 Å². The second kappa shape index (κ2) is 8.48. The minimum absolute atomic E-state index is 0.0473. The van der Waals surface area contributed by atoms with Crippen molar-refractivity contribution >= 4 is 5.97 Å². The zero-order valence-electron chi connectivity index (χ0n) is 10.7. The predicted octanol–water partition coefficient (Wildman–Crippen LogP) is 2.81. The Bertz CT molecular complexity index is 211. The number of hydrogen-bond acceptors (Lipinski definition) is 3. The van der Waals surface area contributed by atoms with Gasteiger partial charge < -0.3 is 14.6 Å². The van der Waals surface area contributed by atoms with Crippen LogP contribution in [-0.2, 0) is 14.3 Å². The summed E-state index contributed by atoms with van der Waals surface area (Å²) in [4.78, 5) is 11.0. The smallest absolute Gasteiger partial charge is 0.306 e. The third kappa shape index (κ3) is 6.03. The van der Waals surface area contributed by atoms with E-state index >= 15 is 0 Å². The summed E-state index contributed by atoms with van der Waals surface area (Å²) in [5.74, 6) is -0.813. The molecule has 4 heteroatoms. The Hall–Kier alpha value is -0.610. The van der Waals surface area contributed by atoms with Crippen LogP contribution in [0.5, 0.6) is 0 Å². The molecular weight excluding hydrogens is 220 g/mol. The normalized spacial score (nSPS) is 18.4. The molecule has 1 aliphatic rings. The average molecular weight is 244 g/mol. The Labute approximate surface area is 103 Å². The zero-order chi connectivity index (χ0) is 12.5. The molecule has 0 bridgehead atoms. The summed E-state index contributed by atoms with van der Waals surface area (Å²) in [5, 5.41) is 9.06. The number of carboxylic acids is 1. The number of unbranched alkanes of at least 4 members (excludes halogenated alkanes) is 2. The molecule has 100 valence electrons. The Morgan fingerprint density at radius 2 is 1.88 bits per heavy atom. The Kier molecular flexibility index (Phi) is 7.21. The molecule has 1 atom stereocenters. The van der Waals surface area contributed by atoms with Crippen molar-refractivity contribution in [2.75, 3.05) is 13.2 Å². The van der Waals surface area contributed by atoms with Crippen molar-refractivity contribution in [2.24, 2.45) is 5.92 Å². The van der Waals surface area contributed by atoms with E-state index in [1.807, 2.05) is 0 Å². The van der Waals surface area contributed by atoms with Crippen LogP contribution in [0.4, 0.5) is 0 Å². The van der Waals surface area contributed by atoms with E-state index < -0.39 is 5.97 Å². The fourth-order valence-corrected chi connectivity index (χ4v) is 2.12. The van der Waals surface area contributed by atoms with Crippen LogP contribution in [0.2, 0.25) is 0 Å². The summed E-state index contributed by atoms with van der Waals surface area (Å²) < 4.78 is 10.7. The second-order valence-corrected chi connectivity index (χ2v) is 4.63. The fourth-order valence-electron chi connectivity index (χ4n) is 2.12. The van der Waals surface area contributed by atoms with Gasteiger partial charge in [0.1, 0.15) is 0 Å². The van der Waals surface area contributed by atoms with Gasteiger partial charge in [0.05, 0.1) is 19.1 Å². The van der Waals surface area contributed by atoms with Crippen molar-refractivity contribution in [3.05, 3.63) is 0 Å². The molecule has 0 spiro atoms. The van der Waals surface area contributed by atoms with Crippen LogP contribution in [0.25, 0.3) is 0 Å². The van der Waals surface area contributed by atoms with Gasteiger partial charge in [0.2, 0.25) is 0 Å². The summed E-state index contributed by atoms with van der Waals surface area (Å²) in [6.07, 6.45) is 6.43. The highest BCUT2D eigenvalue weighted by atomic mass is 16.7. The average Bonchev–Trinajstić information content (AvgIpc) is 2.80. The summed E-state index contributed by atoms with van der Waals surface area (Å²) in [6.45, 7) is 3.48. The monoisotopic (exact) mass is 244 g/mol. The van der Waals surface area contributed by atoms with E-state index in [2.05, 4.69) is 6.92 Å². The van der Waals surface area contributed by atoms with Crippen molar-refractivity contribution in [3.63, 3.8) is 0 Å². The number of rotatable bonds is 9. The molecule has 1 saturated heterocycles. The van der Waals surface area contributed by atoms with Crippen LogP contribution in [0, 0.1) is 5.92 Å². The maximum absolute atomic E-state index is 11.0. The van der Waals surface area contributed by atoms with E-state index in [0.29, 0.717) is 13.2 Å². The lowest BCUT2D eigenvalue weighted by Gasteiger charge is -2.12. The van der Waals surface area contributed by atoms with Gasteiger partial charge in [-0.15, -0.1) is 0 Å². The van der Waals surface area contributed by atoms with Gasteiger partial charge in [0.15, 0.2) is 6.29 Å². The molecule has 0 radical (unpaired) electrons. The highest BCUT2D eigenvalue weighted by Gasteiger charge is 2.18. The van der Waals surface area contributed by atoms with Gasteiger partial charge in [-0.05, 0) is 25.7 Å². The third-order valence-corrected chi connectivity index (χ3v) is 3.19. The number of carbonyl (C=O) groups is 1. The fraction of sp³-hybridized carbons (Fsp3) is 0.923. The van der Waals surface area contributed by atoms with Crippen molar-refractivity contribution in [1.82, 2.24) is 0 Å². The maximum Gasteiger partial charge on any atom is 0.306 e. The number of carboxylic acid groups (broad SMARTS) is 1. The molecule has 0 saturated carbocycles. The first-order chi connectivity index (χ1) is 8.24. The molecule has 0 aliphatic carbocycles. The quantitative estimate of drug-likeness (QED) is 0.634. The van der Waals surface area contributed by atoms with Gasteiger partial charge in [-0.3, -0.25) is 4.79 Å². The van der Waals surface area contributed by atoms with Crippen LogP contribution in [0.1, 0.15) is 51.9 Å². The Morgan fingerprint density at radius 1 is 1.24 bits per heavy atom. The Morgan fingerprint density at radius 3 is 2.47 bits per heavy atom. The van der Waals surface area contributed by atoms with E-state index in [1.165, 1.54) is 0 Å².